The molecule has 0 aromatic carbocycles. The first-order valence-electron chi connectivity index (χ1n) is 8.13. The molecule has 1 aliphatic rings. The summed E-state index contributed by atoms with van der Waals surface area (Å²) >= 11 is 0. The smallest absolute Gasteiger partial charge is 0.225 e. The van der Waals surface area contributed by atoms with Crippen molar-refractivity contribution in [1.29, 1.82) is 0 Å². The molecule has 0 saturated carbocycles. The summed E-state index contributed by atoms with van der Waals surface area (Å²) in [5.41, 5.74) is -0.944. The van der Waals surface area contributed by atoms with Crippen LogP contribution >= 0.6 is 0 Å². The summed E-state index contributed by atoms with van der Waals surface area (Å²) in [7, 11) is 0. The highest BCUT2D eigenvalue weighted by Gasteiger charge is 2.36. The number of nitrogens with zero attached hydrogens (tertiary/aromatic N) is 1. The van der Waals surface area contributed by atoms with Gasteiger partial charge >= 0.3 is 0 Å². The van der Waals surface area contributed by atoms with Gasteiger partial charge in [-0.25, -0.2) is 0 Å². The molecule has 2 heterocycles. The van der Waals surface area contributed by atoms with Crippen molar-refractivity contribution in [3.05, 3.63) is 24.2 Å². The van der Waals surface area contributed by atoms with Crippen LogP contribution in [0, 0.1) is 11.8 Å². The lowest BCUT2D eigenvalue weighted by molar-refractivity contribution is -0.129. The van der Waals surface area contributed by atoms with Crippen molar-refractivity contribution >= 4 is 11.8 Å². The van der Waals surface area contributed by atoms with E-state index in [0.29, 0.717) is 18.8 Å². The zero-order chi connectivity index (χ0) is 17.0. The van der Waals surface area contributed by atoms with Crippen LogP contribution < -0.4 is 5.32 Å². The molecule has 0 aliphatic carbocycles. The first kappa shape index (κ1) is 17.5. The molecule has 23 heavy (non-hydrogen) atoms. The van der Waals surface area contributed by atoms with Gasteiger partial charge in [0.2, 0.25) is 11.8 Å². The molecule has 2 amide bonds. The summed E-state index contributed by atoms with van der Waals surface area (Å²) in [6.45, 7) is 6.66. The van der Waals surface area contributed by atoms with Crippen LogP contribution in [0.15, 0.2) is 22.8 Å². The van der Waals surface area contributed by atoms with Gasteiger partial charge in [-0.05, 0) is 25.0 Å². The molecule has 6 nitrogen and oxygen atoms in total. The minimum Gasteiger partial charge on any atom is -0.467 e. The van der Waals surface area contributed by atoms with Gasteiger partial charge in [-0.3, -0.25) is 9.59 Å². The zero-order valence-electron chi connectivity index (χ0n) is 14.0. The first-order valence-corrected chi connectivity index (χ1v) is 8.13. The number of hydrogen-bond acceptors (Lipinski definition) is 4. The Balaban J connectivity index is 1.85. The average Bonchev–Trinajstić information content (AvgIpc) is 3.15. The minimum atomic E-state index is -0.944. The molecule has 1 aliphatic heterocycles. The minimum absolute atomic E-state index is 0.0461. The average molecular weight is 322 g/mol. The number of carbonyl (C=O) groups is 2. The van der Waals surface area contributed by atoms with Gasteiger partial charge in [0.15, 0.2) is 0 Å². The van der Waals surface area contributed by atoms with Crippen LogP contribution in [0.3, 0.4) is 0 Å². The van der Waals surface area contributed by atoms with Crippen molar-refractivity contribution in [3.63, 3.8) is 0 Å². The zero-order valence-corrected chi connectivity index (χ0v) is 14.0. The summed E-state index contributed by atoms with van der Waals surface area (Å²) in [6, 6.07) is 3.58. The third-order valence-corrected chi connectivity index (χ3v) is 4.81. The number of hydrogen-bond donors (Lipinski definition) is 2. The molecule has 3 atom stereocenters. The van der Waals surface area contributed by atoms with Crippen LogP contribution in [0.1, 0.15) is 39.4 Å². The highest BCUT2D eigenvalue weighted by Crippen LogP contribution is 2.22. The number of rotatable bonds is 7. The van der Waals surface area contributed by atoms with E-state index in [9.17, 15) is 14.7 Å². The second-order valence-electron chi connectivity index (χ2n) is 6.64. The third-order valence-electron chi connectivity index (χ3n) is 4.81. The number of likely N-dealkylation sites (tertiary alicyclic amines) is 1. The fraction of sp³-hybridized carbons (Fsp3) is 0.647. The number of carbonyl (C=O) groups excluding carboxylic acids is 2. The fourth-order valence-electron chi connectivity index (χ4n) is 2.72. The Morgan fingerprint density at radius 3 is 2.96 bits per heavy atom. The van der Waals surface area contributed by atoms with Crippen LogP contribution in [0.2, 0.25) is 0 Å². The monoisotopic (exact) mass is 322 g/mol. The van der Waals surface area contributed by atoms with Gasteiger partial charge in [0, 0.05) is 19.5 Å². The van der Waals surface area contributed by atoms with Gasteiger partial charge in [0.05, 0.1) is 24.3 Å². The highest BCUT2D eigenvalue weighted by atomic mass is 16.3. The van der Waals surface area contributed by atoms with Gasteiger partial charge in [0.1, 0.15) is 5.76 Å². The maximum absolute atomic E-state index is 12.3. The predicted molar refractivity (Wildman–Crippen MR) is 85.3 cm³/mol. The number of amides is 2. The second kappa shape index (κ2) is 7.17. The molecule has 0 bridgehead atoms. The van der Waals surface area contributed by atoms with Gasteiger partial charge in [-0.15, -0.1) is 0 Å². The van der Waals surface area contributed by atoms with E-state index in [1.807, 2.05) is 19.9 Å². The second-order valence-corrected chi connectivity index (χ2v) is 6.64. The van der Waals surface area contributed by atoms with E-state index in [4.69, 9.17) is 4.42 Å². The number of furan rings is 1. The normalized spacial score (nSPS) is 22.0. The summed E-state index contributed by atoms with van der Waals surface area (Å²) in [5.74, 6) is 0.201. The standard InChI is InChI=1S/C17H26N2O4/c1-4-12(2)17(3,22)11-18-16(21)13-8-15(20)19(9-13)10-14-6-5-7-23-14/h5-7,12-13,22H,4,8-11H2,1-3H3,(H,18,21). The van der Waals surface area contributed by atoms with Crippen LogP contribution in [0.5, 0.6) is 0 Å². The van der Waals surface area contributed by atoms with Crippen LogP contribution in [0.4, 0.5) is 0 Å². The molecule has 2 N–H and O–H groups in total. The van der Waals surface area contributed by atoms with Crippen LogP contribution in [0.25, 0.3) is 0 Å². The Morgan fingerprint density at radius 2 is 2.35 bits per heavy atom. The van der Waals surface area contributed by atoms with Gasteiger partial charge < -0.3 is 19.7 Å². The predicted octanol–water partition coefficient (Wildman–Crippen LogP) is 1.54. The highest BCUT2D eigenvalue weighted by molar-refractivity contribution is 5.89. The molecule has 1 fully saturated rings. The van der Waals surface area contributed by atoms with Crippen LogP contribution in [-0.4, -0.2) is 40.5 Å². The summed E-state index contributed by atoms with van der Waals surface area (Å²) in [4.78, 5) is 25.9. The van der Waals surface area contributed by atoms with E-state index < -0.39 is 5.60 Å². The summed E-state index contributed by atoms with van der Waals surface area (Å²) in [5, 5.41) is 13.1. The van der Waals surface area contributed by atoms with E-state index in [-0.39, 0.29) is 36.6 Å². The molecule has 0 radical (unpaired) electrons. The first-order chi connectivity index (χ1) is 10.8. The van der Waals surface area contributed by atoms with Crippen molar-refractivity contribution in [2.45, 2.75) is 45.8 Å². The fourth-order valence-corrected chi connectivity index (χ4v) is 2.72. The lowest BCUT2D eigenvalue weighted by atomic mass is 9.88. The van der Waals surface area contributed by atoms with Gasteiger partial charge in [-0.1, -0.05) is 20.3 Å². The van der Waals surface area contributed by atoms with Crippen molar-refractivity contribution < 1.29 is 19.1 Å². The Kier molecular flexibility index (Phi) is 5.46. The molecule has 1 aromatic rings. The van der Waals surface area contributed by atoms with Gasteiger partial charge in [0.25, 0.3) is 0 Å². The maximum atomic E-state index is 12.3. The molecular weight excluding hydrogens is 296 g/mol. The molecular formula is C17H26N2O4. The van der Waals surface area contributed by atoms with Crippen molar-refractivity contribution in [3.8, 4) is 0 Å². The Labute approximate surface area is 136 Å². The van der Waals surface area contributed by atoms with E-state index in [0.717, 1.165) is 6.42 Å². The van der Waals surface area contributed by atoms with Crippen molar-refractivity contribution in [2.24, 2.45) is 11.8 Å². The Hall–Kier alpha value is -1.82. The Morgan fingerprint density at radius 1 is 1.61 bits per heavy atom. The SMILES string of the molecule is CCC(C)C(C)(O)CNC(=O)C1CC(=O)N(Cc2ccco2)C1. The molecule has 2 rings (SSSR count). The topological polar surface area (TPSA) is 82.8 Å². The molecule has 0 spiro atoms. The van der Waals surface area contributed by atoms with E-state index in [1.54, 1.807) is 24.2 Å². The molecule has 3 unspecified atom stereocenters. The maximum Gasteiger partial charge on any atom is 0.225 e. The number of aliphatic hydroxyl groups is 1. The quantitative estimate of drug-likeness (QED) is 0.798. The third kappa shape index (κ3) is 4.34. The largest absolute Gasteiger partial charge is 0.467 e. The Bertz CT molecular complexity index is 539. The van der Waals surface area contributed by atoms with E-state index in [2.05, 4.69) is 5.32 Å². The lowest BCUT2D eigenvalue weighted by Gasteiger charge is -2.30. The molecule has 6 heteroatoms. The number of nitrogens with one attached hydrogen (secondary N) is 1. The lowest BCUT2D eigenvalue weighted by Crippen LogP contribution is -2.46. The summed E-state index contributed by atoms with van der Waals surface area (Å²) < 4.78 is 5.24. The van der Waals surface area contributed by atoms with Crippen molar-refractivity contribution in [1.82, 2.24) is 10.2 Å². The molecule has 128 valence electrons. The van der Waals surface area contributed by atoms with Gasteiger partial charge in [-0.2, -0.15) is 0 Å². The van der Waals surface area contributed by atoms with Crippen LogP contribution in [-0.2, 0) is 16.1 Å². The molecule has 1 aromatic heterocycles. The molecule has 1 saturated heterocycles. The summed E-state index contributed by atoms with van der Waals surface area (Å²) in [6.07, 6.45) is 2.61. The van der Waals surface area contributed by atoms with E-state index >= 15 is 0 Å². The van der Waals surface area contributed by atoms with Crippen molar-refractivity contribution in [2.75, 3.05) is 13.1 Å². The van der Waals surface area contributed by atoms with E-state index in [1.165, 1.54) is 0 Å².